The quantitative estimate of drug-likeness (QED) is 0.727. The van der Waals surface area contributed by atoms with Gasteiger partial charge in [0.25, 0.3) is 0 Å². The molecule has 7 heteroatoms. The summed E-state index contributed by atoms with van der Waals surface area (Å²) in [7, 11) is 0. The molecule has 0 bridgehead atoms. The van der Waals surface area contributed by atoms with Crippen LogP contribution in [0.15, 0.2) is 48.8 Å². The summed E-state index contributed by atoms with van der Waals surface area (Å²) < 4.78 is 41.9. The Kier molecular flexibility index (Phi) is 4.56. The first-order valence-corrected chi connectivity index (χ1v) is 7.47. The smallest absolute Gasteiger partial charge is 0.221 e. The van der Waals surface area contributed by atoms with E-state index < -0.39 is 17.5 Å². The van der Waals surface area contributed by atoms with Crippen LogP contribution in [0.2, 0.25) is 0 Å². The van der Waals surface area contributed by atoms with Gasteiger partial charge in [-0.05, 0) is 30.3 Å². The average molecular weight is 345 g/mol. The maximum atomic E-state index is 13.9. The van der Waals surface area contributed by atoms with E-state index in [2.05, 4.69) is 10.3 Å². The van der Waals surface area contributed by atoms with Crippen LogP contribution in [0.25, 0.3) is 11.4 Å². The fourth-order valence-corrected chi connectivity index (χ4v) is 2.47. The molecule has 0 unspecified atom stereocenters. The number of hydrogen-bond donors (Lipinski definition) is 1. The third-order valence-corrected chi connectivity index (χ3v) is 3.63. The Hall–Kier alpha value is -3.09. The number of carbonyl (C=O) groups is 1. The number of rotatable bonds is 4. The maximum absolute atomic E-state index is 13.9. The Morgan fingerprint density at radius 3 is 2.48 bits per heavy atom. The summed E-state index contributed by atoms with van der Waals surface area (Å²) >= 11 is 0. The molecule has 0 aliphatic rings. The predicted molar refractivity (Wildman–Crippen MR) is 87.4 cm³/mol. The summed E-state index contributed by atoms with van der Waals surface area (Å²) in [5.74, 6) is -3.55. The summed E-state index contributed by atoms with van der Waals surface area (Å²) in [6, 6.07) is 9.04. The number of nitrogens with zero attached hydrogens (tertiary/aromatic N) is 2. The largest absolute Gasteiger partial charge is 0.326 e. The lowest BCUT2D eigenvalue weighted by molar-refractivity contribution is -0.114. The lowest BCUT2D eigenvalue weighted by Crippen LogP contribution is -2.06. The van der Waals surface area contributed by atoms with Crippen molar-refractivity contribution in [2.24, 2.45) is 0 Å². The molecule has 2 aromatic carbocycles. The molecule has 1 N–H and O–H groups in total. The van der Waals surface area contributed by atoms with Crippen LogP contribution in [0.1, 0.15) is 12.5 Å². The molecule has 0 saturated heterocycles. The van der Waals surface area contributed by atoms with E-state index in [4.69, 9.17) is 0 Å². The van der Waals surface area contributed by atoms with Crippen molar-refractivity contribution < 1.29 is 18.0 Å². The van der Waals surface area contributed by atoms with Crippen molar-refractivity contribution in [1.29, 1.82) is 0 Å². The van der Waals surface area contributed by atoms with Crippen molar-refractivity contribution in [2.45, 2.75) is 13.5 Å². The van der Waals surface area contributed by atoms with Gasteiger partial charge >= 0.3 is 0 Å². The molecule has 128 valence electrons. The van der Waals surface area contributed by atoms with Crippen molar-refractivity contribution in [3.8, 4) is 11.4 Å². The van der Waals surface area contributed by atoms with Gasteiger partial charge in [0.2, 0.25) is 5.91 Å². The number of halogens is 3. The highest BCUT2D eigenvalue weighted by molar-refractivity contribution is 5.88. The van der Waals surface area contributed by atoms with Gasteiger partial charge in [-0.25, -0.2) is 18.2 Å². The van der Waals surface area contributed by atoms with Crippen LogP contribution in [-0.2, 0) is 11.3 Å². The van der Waals surface area contributed by atoms with E-state index in [0.29, 0.717) is 11.5 Å². The molecule has 0 aliphatic heterocycles. The summed E-state index contributed by atoms with van der Waals surface area (Å²) in [6.45, 7) is 1.42. The second kappa shape index (κ2) is 6.80. The van der Waals surface area contributed by atoms with Gasteiger partial charge in [-0.2, -0.15) is 0 Å². The Balaban J connectivity index is 1.88. The minimum Gasteiger partial charge on any atom is -0.326 e. The van der Waals surface area contributed by atoms with Crippen LogP contribution >= 0.6 is 0 Å². The summed E-state index contributed by atoms with van der Waals surface area (Å²) in [6.07, 6.45) is 3.16. The van der Waals surface area contributed by atoms with Gasteiger partial charge in [0.15, 0.2) is 17.5 Å². The van der Waals surface area contributed by atoms with E-state index in [1.165, 1.54) is 19.2 Å². The van der Waals surface area contributed by atoms with Gasteiger partial charge in [-0.1, -0.05) is 6.07 Å². The zero-order valence-electron chi connectivity index (χ0n) is 13.3. The van der Waals surface area contributed by atoms with E-state index in [1.54, 1.807) is 35.0 Å². The number of benzene rings is 2. The fraction of sp³-hybridized carbons (Fsp3) is 0.111. The van der Waals surface area contributed by atoms with Crippen molar-refractivity contribution in [3.05, 3.63) is 71.8 Å². The lowest BCUT2D eigenvalue weighted by atomic mass is 10.1. The Bertz CT molecular complexity index is 920. The van der Waals surface area contributed by atoms with E-state index in [9.17, 15) is 18.0 Å². The van der Waals surface area contributed by atoms with Crippen LogP contribution in [0.4, 0.5) is 18.9 Å². The standard InChI is InChI=1S/C18H14F3N3O/c1-11(25)23-14-5-2-12(3-6-14)18-22-8-9-24(18)10-13-4-7-15(19)17(21)16(13)20/h2-9H,10H2,1H3,(H,23,25). The molecule has 0 atom stereocenters. The predicted octanol–water partition coefficient (Wildman–Crippen LogP) is 3.97. The highest BCUT2D eigenvalue weighted by Crippen LogP contribution is 2.22. The van der Waals surface area contributed by atoms with E-state index >= 15 is 0 Å². The number of imidazole rings is 1. The SMILES string of the molecule is CC(=O)Nc1ccc(-c2nccn2Cc2ccc(F)c(F)c2F)cc1. The molecule has 0 spiro atoms. The molecule has 1 amide bonds. The normalized spacial score (nSPS) is 10.7. The zero-order chi connectivity index (χ0) is 18.0. The highest BCUT2D eigenvalue weighted by atomic mass is 19.2. The molecule has 1 aromatic heterocycles. The minimum absolute atomic E-state index is 0.00577. The summed E-state index contributed by atoms with van der Waals surface area (Å²) in [5.41, 5.74) is 1.40. The van der Waals surface area contributed by atoms with Crippen LogP contribution in [0.3, 0.4) is 0 Å². The molecule has 0 saturated carbocycles. The van der Waals surface area contributed by atoms with Gasteiger partial charge < -0.3 is 9.88 Å². The Morgan fingerprint density at radius 1 is 1.08 bits per heavy atom. The first kappa shape index (κ1) is 16.8. The number of nitrogens with one attached hydrogen (secondary N) is 1. The topological polar surface area (TPSA) is 46.9 Å². The van der Waals surface area contributed by atoms with Crippen molar-refractivity contribution >= 4 is 11.6 Å². The molecule has 0 aliphatic carbocycles. The number of hydrogen-bond acceptors (Lipinski definition) is 2. The fourth-order valence-electron chi connectivity index (χ4n) is 2.47. The second-order valence-electron chi connectivity index (χ2n) is 5.47. The van der Waals surface area contributed by atoms with Crippen LogP contribution < -0.4 is 5.32 Å². The molecule has 1 heterocycles. The molecule has 3 aromatic rings. The van der Waals surface area contributed by atoms with Gasteiger partial charge in [0.05, 0.1) is 6.54 Å². The molecular formula is C18H14F3N3O. The van der Waals surface area contributed by atoms with Crippen molar-refractivity contribution in [1.82, 2.24) is 9.55 Å². The van der Waals surface area contributed by atoms with Gasteiger partial charge in [-0.15, -0.1) is 0 Å². The van der Waals surface area contributed by atoms with Crippen LogP contribution in [-0.4, -0.2) is 15.5 Å². The minimum atomic E-state index is -1.49. The monoisotopic (exact) mass is 345 g/mol. The third kappa shape index (κ3) is 3.55. The molecule has 0 radical (unpaired) electrons. The van der Waals surface area contributed by atoms with E-state index in [1.807, 2.05) is 0 Å². The molecule has 4 nitrogen and oxygen atoms in total. The van der Waals surface area contributed by atoms with E-state index in [0.717, 1.165) is 11.6 Å². The van der Waals surface area contributed by atoms with Gasteiger partial charge in [0.1, 0.15) is 5.82 Å². The Labute approximate surface area is 141 Å². The maximum Gasteiger partial charge on any atom is 0.221 e. The number of anilines is 1. The third-order valence-electron chi connectivity index (χ3n) is 3.63. The molecule has 3 rings (SSSR count). The first-order valence-electron chi connectivity index (χ1n) is 7.47. The number of carbonyl (C=O) groups excluding carboxylic acids is 1. The summed E-state index contributed by atoms with van der Waals surface area (Å²) in [4.78, 5) is 15.3. The zero-order valence-corrected chi connectivity index (χ0v) is 13.3. The van der Waals surface area contributed by atoms with Gasteiger partial charge in [0, 0.05) is 36.1 Å². The Morgan fingerprint density at radius 2 is 1.80 bits per heavy atom. The summed E-state index contributed by atoms with van der Waals surface area (Å²) in [5, 5.41) is 2.66. The molecule has 0 fully saturated rings. The second-order valence-corrected chi connectivity index (χ2v) is 5.47. The van der Waals surface area contributed by atoms with Crippen LogP contribution in [0.5, 0.6) is 0 Å². The van der Waals surface area contributed by atoms with Crippen molar-refractivity contribution in [2.75, 3.05) is 5.32 Å². The first-order chi connectivity index (χ1) is 12.0. The lowest BCUT2D eigenvalue weighted by Gasteiger charge is -2.10. The van der Waals surface area contributed by atoms with Crippen molar-refractivity contribution in [3.63, 3.8) is 0 Å². The number of amides is 1. The van der Waals surface area contributed by atoms with E-state index in [-0.39, 0.29) is 18.0 Å². The molecule has 25 heavy (non-hydrogen) atoms. The van der Waals surface area contributed by atoms with Gasteiger partial charge in [-0.3, -0.25) is 4.79 Å². The molecular weight excluding hydrogens is 331 g/mol. The highest BCUT2D eigenvalue weighted by Gasteiger charge is 2.15. The van der Waals surface area contributed by atoms with Crippen LogP contribution in [0, 0.1) is 17.5 Å². The number of aromatic nitrogens is 2. The average Bonchev–Trinajstić information content (AvgIpc) is 3.04.